The number of non-ortho nitro benzene ring substituents is 1. The highest BCUT2D eigenvalue weighted by molar-refractivity contribution is 6.03. The highest BCUT2D eigenvalue weighted by atomic mass is 16.6. The molecule has 1 aromatic carbocycles. The van der Waals surface area contributed by atoms with E-state index >= 15 is 0 Å². The van der Waals surface area contributed by atoms with E-state index in [0.717, 1.165) is 18.2 Å². The monoisotopic (exact) mass is 291 g/mol. The second kappa shape index (κ2) is 7.59. The molecule has 0 bridgehead atoms. The summed E-state index contributed by atoms with van der Waals surface area (Å²) in [4.78, 5) is 33.7. The van der Waals surface area contributed by atoms with Crippen LogP contribution in [-0.4, -0.2) is 30.1 Å². The molecule has 0 radical (unpaired) electrons. The zero-order valence-electron chi connectivity index (χ0n) is 11.1. The summed E-state index contributed by atoms with van der Waals surface area (Å²) >= 11 is 0. The Morgan fingerprint density at radius 1 is 1.10 bits per heavy atom. The number of carbonyl (C=O) groups excluding carboxylic acids is 2. The number of nitrogens with zero attached hydrogens (tertiary/aromatic N) is 1. The van der Waals surface area contributed by atoms with Gasteiger partial charge in [-0.25, -0.2) is 9.59 Å². The van der Waals surface area contributed by atoms with Crippen LogP contribution in [0.4, 0.5) is 5.69 Å². The smallest absolute Gasteiger partial charge is 0.339 e. The van der Waals surface area contributed by atoms with Crippen LogP contribution in [0.3, 0.4) is 0 Å². The van der Waals surface area contributed by atoms with Gasteiger partial charge >= 0.3 is 11.9 Å². The normalized spacial score (nSPS) is 9.52. The number of nitro benzene ring substituents is 1. The van der Waals surface area contributed by atoms with Crippen LogP contribution in [0.5, 0.6) is 0 Å². The van der Waals surface area contributed by atoms with E-state index in [4.69, 9.17) is 9.47 Å². The quantitative estimate of drug-likeness (QED) is 0.331. The number of ether oxygens (including phenoxy) is 2. The summed E-state index contributed by atoms with van der Waals surface area (Å²) < 4.78 is 9.62. The molecule has 0 fully saturated rings. The van der Waals surface area contributed by atoms with Gasteiger partial charge in [0, 0.05) is 12.1 Å². The fourth-order valence-corrected chi connectivity index (χ4v) is 1.42. The molecule has 0 aromatic heterocycles. The summed E-state index contributed by atoms with van der Waals surface area (Å²) in [6.45, 7) is 6.65. The summed E-state index contributed by atoms with van der Waals surface area (Å²) in [5.41, 5.74) is -0.683. The van der Waals surface area contributed by atoms with Gasteiger partial charge in [-0.15, -0.1) is 0 Å². The standard InChI is InChI=1S/C14H13NO6/c1-3-7-20-13(16)11-6-5-10(15(18)19)9-12(11)14(17)21-8-4-2/h3-6,9H,1-2,7-8H2. The highest BCUT2D eigenvalue weighted by Gasteiger charge is 2.22. The van der Waals surface area contributed by atoms with Gasteiger partial charge in [0.15, 0.2) is 0 Å². The Labute approximate surface area is 120 Å². The second-order valence-electron chi connectivity index (χ2n) is 3.76. The lowest BCUT2D eigenvalue weighted by atomic mass is 10.1. The number of esters is 2. The van der Waals surface area contributed by atoms with Crippen LogP contribution in [-0.2, 0) is 9.47 Å². The number of benzene rings is 1. The first-order valence-electron chi connectivity index (χ1n) is 5.85. The van der Waals surface area contributed by atoms with Crippen LogP contribution in [0.2, 0.25) is 0 Å². The molecule has 0 heterocycles. The molecule has 21 heavy (non-hydrogen) atoms. The van der Waals surface area contributed by atoms with E-state index in [1.807, 2.05) is 0 Å². The lowest BCUT2D eigenvalue weighted by Crippen LogP contribution is -2.14. The number of hydrogen-bond acceptors (Lipinski definition) is 6. The molecule has 1 aromatic rings. The molecule has 0 aliphatic rings. The Hall–Kier alpha value is -2.96. The van der Waals surface area contributed by atoms with Gasteiger partial charge in [0.05, 0.1) is 16.1 Å². The van der Waals surface area contributed by atoms with Crippen molar-refractivity contribution in [2.24, 2.45) is 0 Å². The summed E-state index contributed by atoms with van der Waals surface area (Å²) in [5, 5.41) is 10.8. The molecule has 0 aliphatic heterocycles. The van der Waals surface area contributed by atoms with E-state index in [-0.39, 0.29) is 30.0 Å². The third-order valence-corrected chi connectivity index (χ3v) is 2.32. The first-order valence-corrected chi connectivity index (χ1v) is 5.85. The molecule has 0 atom stereocenters. The fourth-order valence-electron chi connectivity index (χ4n) is 1.42. The summed E-state index contributed by atoms with van der Waals surface area (Å²) in [6.07, 6.45) is 2.70. The van der Waals surface area contributed by atoms with E-state index in [2.05, 4.69) is 13.2 Å². The Morgan fingerprint density at radius 2 is 1.62 bits per heavy atom. The maximum absolute atomic E-state index is 11.9. The maximum Gasteiger partial charge on any atom is 0.339 e. The van der Waals surface area contributed by atoms with Crippen LogP contribution in [0.15, 0.2) is 43.5 Å². The largest absolute Gasteiger partial charge is 0.458 e. The maximum atomic E-state index is 11.9. The lowest BCUT2D eigenvalue weighted by molar-refractivity contribution is -0.384. The fraction of sp³-hybridized carbons (Fsp3) is 0.143. The second-order valence-corrected chi connectivity index (χ2v) is 3.76. The third kappa shape index (κ3) is 4.27. The Kier molecular flexibility index (Phi) is 5.81. The van der Waals surface area contributed by atoms with Crippen molar-refractivity contribution >= 4 is 17.6 Å². The highest BCUT2D eigenvalue weighted by Crippen LogP contribution is 2.20. The van der Waals surface area contributed by atoms with Gasteiger partial charge in [0.1, 0.15) is 13.2 Å². The first-order chi connectivity index (χ1) is 10.0. The van der Waals surface area contributed by atoms with Gasteiger partial charge in [-0.2, -0.15) is 0 Å². The predicted octanol–water partition coefficient (Wildman–Crippen LogP) is 2.28. The molecular formula is C14H13NO6. The van der Waals surface area contributed by atoms with Crippen molar-refractivity contribution in [1.82, 2.24) is 0 Å². The molecule has 1 rings (SSSR count). The van der Waals surface area contributed by atoms with Crippen molar-refractivity contribution in [1.29, 1.82) is 0 Å². The number of hydrogen-bond donors (Lipinski definition) is 0. The third-order valence-electron chi connectivity index (χ3n) is 2.32. The van der Waals surface area contributed by atoms with Crippen molar-refractivity contribution in [3.63, 3.8) is 0 Å². The van der Waals surface area contributed by atoms with Crippen molar-refractivity contribution in [2.45, 2.75) is 0 Å². The van der Waals surface area contributed by atoms with Crippen LogP contribution < -0.4 is 0 Å². The van der Waals surface area contributed by atoms with E-state index < -0.39 is 16.9 Å². The average molecular weight is 291 g/mol. The predicted molar refractivity (Wildman–Crippen MR) is 74.1 cm³/mol. The Morgan fingerprint density at radius 3 is 2.10 bits per heavy atom. The number of rotatable bonds is 7. The zero-order chi connectivity index (χ0) is 15.8. The summed E-state index contributed by atoms with van der Waals surface area (Å²) in [7, 11) is 0. The van der Waals surface area contributed by atoms with Crippen LogP contribution in [0.1, 0.15) is 20.7 Å². The lowest BCUT2D eigenvalue weighted by Gasteiger charge is -2.08. The van der Waals surface area contributed by atoms with Crippen molar-refractivity contribution < 1.29 is 24.0 Å². The van der Waals surface area contributed by atoms with Crippen LogP contribution in [0, 0.1) is 10.1 Å². The molecule has 0 saturated carbocycles. The summed E-state index contributed by atoms with van der Waals surface area (Å²) in [6, 6.07) is 3.22. The van der Waals surface area contributed by atoms with E-state index in [0.29, 0.717) is 0 Å². The molecule has 0 unspecified atom stereocenters. The SMILES string of the molecule is C=CCOC(=O)c1ccc([N+](=O)[O-])cc1C(=O)OCC=C. The molecule has 0 spiro atoms. The molecule has 0 amide bonds. The van der Waals surface area contributed by atoms with Crippen molar-refractivity contribution in [3.05, 3.63) is 64.8 Å². The summed E-state index contributed by atoms with van der Waals surface area (Å²) in [5.74, 6) is -1.67. The molecular weight excluding hydrogens is 278 g/mol. The zero-order valence-corrected chi connectivity index (χ0v) is 11.1. The van der Waals surface area contributed by atoms with E-state index in [1.165, 1.54) is 12.2 Å². The Balaban J connectivity index is 3.19. The van der Waals surface area contributed by atoms with Crippen molar-refractivity contribution in [2.75, 3.05) is 13.2 Å². The van der Waals surface area contributed by atoms with Gasteiger partial charge in [0.25, 0.3) is 5.69 Å². The van der Waals surface area contributed by atoms with Gasteiger partial charge < -0.3 is 9.47 Å². The average Bonchev–Trinajstić information content (AvgIpc) is 2.49. The molecule has 0 N–H and O–H groups in total. The minimum Gasteiger partial charge on any atom is -0.458 e. The molecule has 110 valence electrons. The topological polar surface area (TPSA) is 95.7 Å². The minimum absolute atomic E-state index is 0.0447. The van der Waals surface area contributed by atoms with E-state index in [1.54, 1.807) is 0 Å². The molecule has 7 heteroatoms. The Bertz CT molecular complexity index is 593. The van der Waals surface area contributed by atoms with Crippen LogP contribution >= 0.6 is 0 Å². The minimum atomic E-state index is -0.871. The number of carbonyl (C=O) groups is 2. The van der Waals surface area contributed by atoms with Gasteiger partial charge in [-0.05, 0) is 6.07 Å². The number of nitro groups is 1. The van der Waals surface area contributed by atoms with Crippen LogP contribution in [0.25, 0.3) is 0 Å². The molecule has 7 nitrogen and oxygen atoms in total. The van der Waals surface area contributed by atoms with Crippen molar-refractivity contribution in [3.8, 4) is 0 Å². The van der Waals surface area contributed by atoms with E-state index in [9.17, 15) is 19.7 Å². The van der Waals surface area contributed by atoms with Gasteiger partial charge in [0.2, 0.25) is 0 Å². The first kappa shape index (κ1) is 16.1. The van der Waals surface area contributed by atoms with Gasteiger partial charge in [-0.1, -0.05) is 25.3 Å². The van der Waals surface area contributed by atoms with Gasteiger partial charge in [-0.3, -0.25) is 10.1 Å². The molecule has 0 aliphatic carbocycles. The molecule has 0 saturated heterocycles.